The lowest BCUT2D eigenvalue weighted by molar-refractivity contribution is 0.0686. The van der Waals surface area contributed by atoms with Gasteiger partial charge in [-0.05, 0) is 30.9 Å². The molecule has 0 aromatic heterocycles. The molecule has 4 nitrogen and oxygen atoms in total. The van der Waals surface area contributed by atoms with E-state index in [0.29, 0.717) is 5.92 Å². The minimum absolute atomic E-state index is 0.0336. The number of piperidine rings is 1. The van der Waals surface area contributed by atoms with Crippen molar-refractivity contribution in [3.05, 3.63) is 23.8 Å². The van der Waals surface area contributed by atoms with Gasteiger partial charge in [0, 0.05) is 19.2 Å². The number of rotatable bonds is 2. The van der Waals surface area contributed by atoms with Gasteiger partial charge in [0.2, 0.25) is 0 Å². The van der Waals surface area contributed by atoms with E-state index in [1.54, 1.807) is 4.90 Å². The molecule has 0 bridgehead atoms. The normalized spacial score (nSPS) is 16.8. The van der Waals surface area contributed by atoms with E-state index < -0.39 is 0 Å². The van der Waals surface area contributed by atoms with E-state index in [0.717, 1.165) is 32.4 Å². The van der Waals surface area contributed by atoms with Gasteiger partial charge in [0.05, 0.1) is 5.56 Å². The summed E-state index contributed by atoms with van der Waals surface area (Å²) in [5.74, 6) is 0.371. The van der Waals surface area contributed by atoms with E-state index in [1.807, 2.05) is 0 Å². The Morgan fingerprint density at radius 2 is 2.00 bits per heavy atom. The number of carbonyl (C=O) groups is 1. The van der Waals surface area contributed by atoms with Crippen molar-refractivity contribution < 1.29 is 15.0 Å². The molecule has 1 aliphatic rings. The van der Waals surface area contributed by atoms with Crippen molar-refractivity contribution in [3.8, 4) is 11.5 Å². The maximum atomic E-state index is 12.2. The van der Waals surface area contributed by atoms with Crippen LogP contribution in [-0.4, -0.2) is 34.1 Å². The first-order valence-electron chi connectivity index (χ1n) is 6.43. The number of likely N-dealkylation sites (tertiary alicyclic amines) is 1. The summed E-state index contributed by atoms with van der Waals surface area (Å²) in [4.78, 5) is 14.0. The molecule has 2 N–H and O–H groups in total. The Morgan fingerprint density at radius 1 is 1.33 bits per heavy atom. The monoisotopic (exact) mass is 249 g/mol. The quantitative estimate of drug-likeness (QED) is 0.845. The van der Waals surface area contributed by atoms with Gasteiger partial charge < -0.3 is 15.1 Å². The molecule has 0 unspecified atom stereocenters. The average Bonchev–Trinajstić information content (AvgIpc) is 2.38. The van der Waals surface area contributed by atoms with Crippen molar-refractivity contribution in [2.24, 2.45) is 5.92 Å². The third kappa shape index (κ3) is 2.58. The molecule has 0 aliphatic carbocycles. The van der Waals surface area contributed by atoms with Gasteiger partial charge >= 0.3 is 0 Å². The van der Waals surface area contributed by atoms with Crippen LogP contribution in [0.4, 0.5) is 0 Å². The van der Waals surface area contributed by atoms with Gasteiger partial charge in [-0.1, -0.05) is 13.3 Å². The van der Waals surface area contributed by atoms with Gasteiger partial charge in [-0.25, -0.2) is 0 Å². The van der Waals surface area contributed by atoms with Gasteiger partial charge in [0.1, 0.15) is 11.5 Å². The second-order valence-corrected chi connectivity index (χ2v) is 4.85. The molecule has 1 amide bonds. The maximum absolute atomic E-state index is 12.2. The molecule has 1 heterocycles. The molecular formula is C14H19NO3. The van der Waals surface area contributed by atoms with Crippen LogP contribution in [0.3, 0.4) is 0 Å². The van der Waals surface area contributed by atoms with Crippen LogP contribution in [0.5, 0.6) is 11.5 Å². The van der Waals surface area contributed by atoms with Crippen LogP contribution >= 0.6 is 0 Å². The number of aromatic hydroxyl groups is 2. The Morgan fingerprint density at radius 3 is 2.56 bits per heavy atom. The number of amides is 1. The highest BCUT2D eigenvalue weighted by Crippen LogP contribution is 2.26. The summed E-state index contributed by atoms with van der Waals surface area (Å²) in [6, 6.07) is 4.09. The number of hydrogen-bond donors (Lipinski definition) is 2. The lowest BCUT2D eigenvalue weighted by Gasteiger charge is -2.31. The van der Waals surface area contributed by atoms with Gasteiger partial charge in [-0.2, -0.15) is 0 Å². The summed E-state index contributed by atoms with van der Waals surface area (Å²) in [6.07, 6.45) is 3.22. The lowest BCUT2D eigenvalue weighted by atomic mass is 9.94. The van der Waals surface area contributed by atoms with Crippen LogP contribution in [0.2, 0.25) is 0 Å². The molecule has 1 saturated heterocycles. The Hall–Kier alpha value is -1.71. The first kappa shape index (κ1) is 12.7. The molecule has 1 aromatic carbocycles. The van der Waals surface area contributed by atoms with E-state index >= 15 is 0 Å². The number of hydrogen-bond acceptors (Lipinski definition) is 3. The molecule has 1 aliphatic heterocycles. The van der Waals surface area contributed by atoms with Crippen molar-refractivity contribution in [2.75, 3.05) is 13.1 Å². The summed E-state index contributed by atoms with van der Waals surface area (Å²) < 4.78 is 0. The van der Waals surface area contributed by atoms with Crippen LogP contribution in [0.15, 0.2) is 18.2 Å². The van der Waals surface area contributed by atoms with Crippen molar-refractivity contribution in [2.45, 2.75) is 26.2 Å². The molecule has 2 rings (SSSR count). The van der Waals surface area contributed by atoms with Crippen molar-refractivity contribution in [1.82, 2.24) is 4.90 Å². The average molecular weight is 249 g/mol. The van der Waals surface area contributed by atoms with Crippen LogP contribution < -0.4 is 0 Å². The first-order valence-corrected chi connectivity index (χ1v) is 6.43. The molecule has 98 valence electrons. The van der Waals surface area contributed by atoms with Crippen LogP contribution in [0.1, 0.15) is 36.5 Å². The Bertz CT molecular complexity index is 437. The Labute approximate surface area is 107 Å². The minimum atomic E-state index is -0.155. The highest BCUT2D eigenvalue weighted by Gasteiger charge is 2.24. The third-order valence-electron chi connectivity index (χ3n) is 3.69. The van der Waals surface area contributed by atoms with E-state index in [1.165, 1.54) is 18.2 Å². The summed E-state index contributed by atoms with van der Waals surface area (Å²) in [5, 5.41) is 18.9. The van der Waals surface area contributed by atoms with Crippen molar-refractivity contribution >= 4 is 5.91 Å². The van der Waals surface area contributed by atoms with Gasteiger partial charge in [-0.3, -0.25) is 4.79 Å². The zero-order valence-electron chi connectivity index (χ0n) is 10.6. The van der Waals surface area contributed by atoms with Gasteiger partial charge in [-0.15, -0.1) is 0 Å². The van der Waals surface area contributed by atoms with E-state index in [4.69, 9.17) is 0 Å². The molecule has 4 heteroatoms. The van der Waals surface area contributed by atoms with Crippen molar-refractivity contribution in [1.29, 1.82) is 0 Å². The predicted molar refractivity (Wildman–Crippen MR) is 68.7 cm³/mol. The van der Waals surface area contributed by atoms with Gasteiger partial charge in [0.25, 0.3) is 5.91 Å². The first-order chi connectivity index (χ1) is 8.61. The second-order valence-electron chi connectivity index (χ2n) is 4.85. The third-order valence-corrected chi connectivity index (χ3v) is 3.69. The number of nitrogens with zero attached hydrogens (tertiary/aromatic N) is 1. The summed E-state index contributed by atoms with van der Waals surface area (Å²) >= 11 is 0. The van der Waals surface area contributed by atoms with Gasteiger partial charge in [0.15, 0.2) is 0 Å². The molecular weight excluding hydrogens is 230 g/mol. The Balaban J connectivity index is 2.08. The zero-order valence-corrected chi connectivity index (χ0v) is 10.6. The summed E-state index contributed by atoms with van der Waals surface area (Å²) in [5.41, 5.74) is 0.266. The largest absolute Gasteiger partial charge is 0.508 e. The standard InChI is InChI=1S/C14H19NO3/c1-2-10-5-7-15(8-6-10)14(18)12-4-3-11(16)9-13(12)17/h3-4,9-10,16-17H,2,5-8H2,1H3. The number of phenols is 2. The number of carbonyl (C=O) groups excluding carboxylic acids is 1. The smallest absolute Gasteiger partial charge is 0.257 e. The molecule has 0 spiro atoms. The molecule has 18 heavy (non-hydrogen) atoms. The van der Waals surface area contributed by atoms with Crippen LogP contribution in [-0.2, 0) is 0 Å². The zero-order chi connectivity index (χ0) is 13.1. The molecule has 1 fully saturated rings. The second kappa shape index (κ2) is 5.29. The minimum Gasteiger partial charge on any atom is -0.508 e. The predicted octanol–water partition coefficient (Wildman–Crippen LogP) is 2.36. The summed E-state index contributed by atoms with van der Waals surface area (Å²) in [6.45, 7) is 3.67. The summed E-state index contributed by atoms with van der Waals surface area (Å²) in [7, 11) is 0. The lowest BCUT2D eigenvalue weighted by Crippen LogP contribution is -2.38. The SMILES string of the molecule is CCC1CCN(C(=O)c2ccc(O)cc2O)CC1. The highest BCUT2D eigenvalue weighted by molar-refractivity contribution is 5.97. The van der Waals surface area contributed by atoms with Crippen LogP contribution in [0.25, 0.3) is 0 Å². The molecule has 1 aromatic rings. The molecule has 0 radical (unpaired) electrons. The maximum Gasteiger partial charge on any atom is 0.257 e. The molecule has 0 saturated carbocycles. The topological polar surface area (TPSA) is 60.8 Å². The van der Waals surface area contributed by atoms with E-state index in [-0.39, 0.29) is 23.0 Å². The highest BCUT2D eigenvalue weighted by atomic mass is 16.3. The fourth-order valence-corrected chi connectivity index (χ4v) is 2.42. The fraction of sp³-hybridized carbons (Fsp3) is 0.500. The fourth-order valence-electron chi connectivity index (χ4n) is 2.42. The number of benzene rings is 1. The van der Waals surface area contributed by atoms with E-state index in [9.17, 15) is 15.0 Å². The molecule has 0 atom stereocenters. The van der Waals surface area contributed by atoms with Crippen LogP contribution in [0, 0.1) is 5.92 Å². The van der Waals surface area contributed by atoms with E-state index in [2.05, 4.69) is 6.92 Å². The Kier molecular flexibility index (Phi) is 3.75. The number of phenolic OH excluding ortho intramolecular Hbond substituents is 2. The van der Waals surface area contributed by atoms with Crippen molar-refractivity contribution in [3.63, 3.8) is 0 Å².